The number of hydrogen-bond donors (Lipinski definition) is 4. The molecule has 11 heteroatoms. The van der Waals surface area contributed by atoms with Crippen molar-refractivity contribution in [3.05, 3.63) is 60.2 Å². The monoisotopic (exact) mass is 528 g/mol. The second kappa shape index (κ2) is 14.4. The topological polar surface area (TPSA) is 171 Å². The van der Waals surface area contributed by atoms with Crippen molar-refractivity contribution in [2.75, 3.05) is 32.7 Å². The number of carbonyl (C=O) groups is 3. The molecule has 5 N–H and O–H groups in total. The van der Waals surface area contributed by atoms with E-state index in [1.165, 1.54) is 7.11 Å². The lowest BCUT2D eigenvalue weighted by Gasteiger charge is -2.15. The molecular weight excluding hydrogens is 496 g/mol. The van der Waals surface area contributed by atoms with Crippen LogP contribution in [0.2, 0.25) is 0 Å². The maximum absolute atomic E-state index is 12.9. The molecule has 3 aromatic rings. The number of hydrogen-bond acceptors (Lipinski definition) is 8. The minimum atomic E-state index is -2.07. The summed E-state index contributed by atoms with van der Waals surface area (Å²) in [6.45, 7) is 4.94. The standard InChI is InChI=1S/C25H30N2O5.C2H2O4/c1-16(2)26-14-18(28)15-32-22-10-6-7-19-20(22)8-5-9-21(19)27-25(29)17-11-12-23(30-3)24(13-17)31-4;3-1(4)2(5)6/h5-13,16,18,26,28H,14-15H2,1-4H3,(H,27,29);(H,3,4)(H,5,6). The minimum Gasteiger partial charge on any atom is -0.539 e. The van der Waals surface area contributed by atoms with Gasteiger partial charge in [-0.2, -0.15) is 0 Å². The molecule has 0 aliphatic carbocycles. The number of amides is 1. The number of ether oxygens (including phenoxy) is 3. The van der Waals surface area contributed by atoms with Crippen LogP contribution in [0.3, 0.4) is 0 Å². The highest BCUT2D eigenvalue weighted by Gasteiger charge is 2.14. The van der Waals surface area contributed by atoms with E-state index in [0.29, 0.717) is 41.1 Å². The lowest BCUT2D eigenvalue weighted by molar-refractivity contribution is -0.688. The van der Waals surface area contributed by atoms with Gasteiger partial charge in [-0.25, -0.2) is 4.79 Å². The van der Waals surface area contributed by atoms with Gasteiger partial charge in [-0.15, -0.1) is 0 Å². The predicted octanol–water partition coefficient (Wildman–Crippen LogP) is 0.642. The number of aliphatic hydroxyl groups is 1. The van der Waals surface area contributed by atoms with Gasteiger partial charge in [0.1, 0.15) is 25.0 Å². The Balaban J connectivity index is 0.000000757. The maximum atomic E-state index is 12.9. The molecule has 1 unspecified atom stereocenters. The molecule has 1 atom stereocenters. The number of fused-ring (bicyclic) bond motifs is 1. The third kappa shape index (κ3) is 8.64. The zero-order valence-corrected chi connectivity index (χ0v) is 21.6. The van der Waals surface area contributed by atoms with Crippen molar-refractivity contribution in [3.63, 3.8) is 0 Å². The molecule has 0 heterocycles. The Hall–Kier alpha value is -4.35. The summed E-state index contributed by atoms with van der Waals surface area (Å²) in [5.74, 6) is -2.56. The van der Waals surface area contributed by atoms with E-state index in [9.17, 15) is 9.90 Å². The number of carboxylic acids is 2. The van der Waals surface area contributed by atoms with Crippen molar-refractivity contribution in [1.82, 2.24) is 0 Å². The summed E-state index contributed by atoms with van der Waals surface area (Å²) in [5, 5.41) is 33.2. The molecule has 0 saturated heterocycles. The number of quaternary nitrogens is 1. The van der Waals surface area contributed by atoms with E-state index < -0.39 is 18.0 Å². The molecule has 38 heavy (non-hydrogen) atoms. The van der Waals surface area contributed by atoms with Crippen LogP contribution < -0.4 is 30.0 Å². The van der Waals surface area contributed by atoms with Crippen LogP contribution in [-0.4, -0.2) is 67.6 Å². The third-order valence-corrected chi connectivity index (χ3v) is 5.26. The van der Waals surface area contributed by atoms with Crippen LogP contribution in [0, 0.1) is 0 Å². The first-order valence-corrected chi connectivity index (χ1v) is 11.7. The van der Waals surface area contributed by atoms with Crippen molar-refractivity contribution in [1.29, 1.82) is 0 Å². The van der Waals surface area contributed by atoms with E-state index in [0.717, 1.165) is 10.8 Å². The molecule has 0 fully saturated rings. The highest BCUT2D eigenvalue weighted by molar-refractivity contribution is 6.26. The number of anilines is 1. The fourth-order valence-corrected chi connectivity index (χ4v) is 3.37. The number of carbonyl (C=O) groups excluding carboxylic acids is 2. The lowest BCUT2D eigenvalue weighted by atomic mass is 10.1. The van der Waals surface area contributed by atoms with Crippen LogP contribution in [-0.2, 0) is 9.59 Å². The smallest absolute Gasteiger partial charge is 0.351 e. The summed E-state index contributed by atoms with van der Waals surface area (Å²) in [6, 6.07) is 16.7. The Morgan fingerprint density at radius 1 is 0.947 bits per heavy atom. The van der Waals surface area contributed by atoms with E-state index in [2.05, 4.69) is 24.5 Å². The van der Waals surface area contributed by atoms with Crippen molar-refractivity contribution in [2.24, 2.45) is 0 Å². The second-order valence-electron chi connectivity index (χ2n) is 8.45. The van der Waals surface area contributed by atoms with E-state index >= 15 is 0 Å². The number of nitrogens with one attached hydrogen (secondary N) is 1. The molecule has 0 aromatic heterocycles. The molecule has 0 aliphatic rings. The molecule has 0 aliphatic heterocycles. The van der Waals surface area contributed by atoms with Gasteiger partial charge in [-0.3, -0.25) is 4.79 Å². The summed E-state index contributed by atoms with van der Waals surface area (Å²) < 4.78 is 16.4. The first kappa shape index (κ1) is 29.9. The predicted molar refractivity (Wildman–Crippen MR) is 138 cm³/mol. The Labute approximate surface area is 219 Å². The molecule has 0 saturated carbocycles. The summed E-state index contributed by atoms with van der Waals surface area (Å²) in [4.78, 5) is 30.9. The molecule has 3 rings (SSSR count). The van der Waals surface area contributed by atoms with Gasteiger partial charge in [0.2, 0.25) is 0 Å². The number of methoxy groups -OCH3 is 2. The SMILES string of the molecule is COc1ccc(C(=O)Nc2cccc3c(OCC(O)C[NH2+]C(C)C)cccc23)cc1OC.O=C([O-])C(=O)O. The molecule has 0 spiro atoms. The third-order valence-electron chi connectivity index (χ3n) is 5.26. The van der Waals surface area contributed by atoms with E-state index in [-0.39, 0.29) is 12.5 Å². The van der Waals surface area contributed by atoms with Gasteiger partial charge < -0.3 is 45.0 Å². The molecule has 0 radical (unpaired) electrons. The molecule has 204 valence electrons. The molecule has 3 aromatic carbocycles. The highest BCUT2D eigenvalue weighted by Crippen LogP contribution is 2.32. The number of nitrogens with two attached hydrogens (primary N) is 1. The average molecular weight is 529 g/mol. The molecule has 11 nitrogen and oxygen atoms in total. The number of benzene rings is 3. The molecular formula is C27H32N2O9. The van der Waals surface area contributed by atoms with Gasteiger partial charge in [0, 0.05) is 22.0 Å². The fourth-order valence-electron chi connectivity index (χ4n) is 3.37. The van der Waals surface area contributed by atoms with Gasteiger partial charge in [0.15, 0.2) is 17.5 Å². The van der Waals surface area contributed by atoms with E-state index in [1.807, 2.05) is 36.4 Å². The van der Waals surface area contributed by atoms with Gasteiger partial charge >= 0.3 is 5.97 Å². The number of carboxylic acid groups (broad SMARTS) is 2. The first-order chi connectivity index (χ1) is 18.1. The van der Waals surface area contributed by atoms with Crippen molar-refractivity contribution >= 4 is 34.3 Å². The van der Waals surface area contributed by atoms with Crippen LogP contribution >= 0.6 is 0 Å². The van der Waals surface area contributed by atoms with Crippen LogP contribution in [0.1, 0.15) is 24.2 Å². The quantitative estimate of drug-likeness (QED) is 0.276. The fraction of sp³-hybridized carbons (Fsp3) is 0.296. The second-order valence-corrected chi connectivity index (χ2v) is 8.45. The Morgan fingerprint density at radius 3 is 2.18 bits per heavy atom. The van der Waals surface area contributed by atoms with Crippen molar-refractivity contribution in [2.45, 2.75) is 26.0 Å². The molecule has 0 bridgehead atoms. The first-order valence-electron chi connectivity index (χ1n) is 11.7. The normalized spacial score (nSPS) is 11.2. The summed E-state index contributed by atoms with van der Waals surface area (Å²) >= 11 is 0. The van der Waals surface area contributed by atoms with Gasteiger partial charge in [0.05, 0.1) is 20.3 Å². The van der Waals surface area contributed by atoms with Gasteiger partial charge in [0.25, 0.3) is 5.91 Å². The van der Waals surface area contributed by atoms with Crippen LogP contribution in [0.25, 0.3) is 10.8 Å². The van der Waals surface area contributed by atoms with Crippen LogP contribution in [0.5, 0.6) is 17.2 Å². The maximum Gasteiger partial charge on any atom is 0.351 e. The van der Waals surface area contributed by atoms with Crippen LogP contribution in [0.4, 0.5) is 5.69 Å². The number of rotatable bonds is 10. The Morgan fingerprint density at radius 2 is 1.58 bits per heavy atom. The van der Waals surface area contributed by atoms with Crippen molar-refractivity contribution in [3.8, 4) is 17.2 Å². The minimum absolute atomic E-state index is 0.199. The number of aliphatic carboxylic acids is 2. The zero-order chi connectivity index (χ0) is 28.2. The largest absolute Gasteiger partial charge is 0.539 e. The zero-order valence-electron chi connectivity index (χ0n) is 21.6. The molecule has 1 amide bonds. The Bertz CT molecular complexity index is 1250. The summed E-state index contributed by atoms with van der Waals surface area (Å²) in [7, 11) is 3.08. The van der Waals surface area contributed by atoms with Crippen LogP contribution in [0.15, 0.2) is 54.6 Å². The van der Waals surface area contributed by atoms with Gasteiger partial charge in [-0.05, 0) is 44.2 Å². The lowest BCUT2D eigenvalue weighted by Crippen LogP contribution is -2.90. The Kier molecular flexibility index (Phi) is 11.3. The van der Waals surface area contributed by atoms with E-state index in [4.69, 9.17) is 34.0 Å². The summed E-state index contributed by atoms with van der Waals surface area (Å²) in [6.07, 6.45) is -0.569. The van der Waals surface area contributed by atoms with Crippen molar-refractivity contribution < 1.29 is 49.2 Å². The summed E-state index contributed by atoms with van der Waals surface area (Å²) in [5.41, 5.74) is 1.12. The highest BCUT2D eigenvalue weighted by atomic mass is 16.5. The number of aliphatic hydroxyl groups excluding tert-OH is 1. The van der Waals surface area contributed by atoms with E-state index in [1.54, 1.807) is 25.3 Å². The van der Waals surface area contributed by atoms with Gasteiger partial charge in [-0.1, -0.05) is 24.3 Å². The average Bonchev–Trinajstić information content (AvgIpc) is 2.90.